The lowest BCUT2D eigenvalue weighted by molar-refractivity contribution is 0.312. The summed E-state index contributed by atoms with van der Waals surface area (Å²) < 4.78 is 13.6. The van der Waals surface area contributed by atoms with Gasteiger partial charge in [-0.25, -0.2) is 4.39 Å². The summed E-state index contributed by atoms with van der Waals surface area (Å²) in [6.45, 7) is 5.49. The molecule has 0 bridgehead atoms. The van der Waals surface area contributed by atoms with Crippen molar-refractivity contribution < 1.29 is 4.39 Å². The fourth-order valence-electron chi connectivity index (χ4n) is 2.31. The molecule has 1 atom stereocenters. The second kappa shape index (κ2) is 4.93. The van der Waals surface area contributed by atoms with Gasteiger partial charge >= 0.3 is 0 Å². The Balaban J connectivity index is 2.01. The van der Waals surface area contributed by atoms with Crippen LogP contribution in [0.1, 0.15) is 17.5 Å². The van der Waals surface area contributed by atoms with Gasteiger partial charge in [0.25, 0.3) is 0 Å². The van der Waals surface area contributed by atoms with E-state index in [-0.39, 0.29) is 5.82 Å². The van der Waals surface area contributed by atoms with Crippen LogP contribution in [0.25, 0.3) is 0 Å². The standard InChI is InChI=1S/C13H19FN2/c1-10-2-3-13(14)12(6-10)9-16-5-4-11(7-15)8-16/h2-3,6,11H,4-5,7-9,15H2,1H3. The predicted octanol–water partition coefficient (Wildman–Crippen LogP) is 1.91. The lowest BCUT2D eigenvalue weighted by atomic mass is 10.1. The van der Waals surface area contributed by atoms with Crippen molar-refractivity contribution in [1.82, 2.24) is 4.90 Å². The van der Waals surface area contributed by atoms with E-state index < -0.39 is 0 Å². The van der Waals surface area contributed by atoms with E-state index in [0.717, 1.165) is 37.2 Å². The first-order valence-electron chi connectivity index (χ1n) is 5.86. The van der Waals surface area contributed by atoms with Crippen molar-refractivity contribution in [1.29, 1.82) is 0 Å². The molecule has 1 unspecified atom stereocenters. The lowest BCUT2D eigenvalue weighted by Crippen LogP contribution is -2.23. The zero-order valence-corrected chi connectivity index (χ0v) is 9.75. The largest absolute Gasteiger partial charge is 0.330 e. The van der Waals surface area contributed by atoms with E-state index in [0.29, 0.717) is 12.5 Å². The molecule has 0 aliphatic carbocycles. The first kappa shape index (κ1) is 11.6. The van der Waals surface area contributed by atoms with Crippen molar-refractivity contribution in [3.8, 4) is 0 Å². The van der Waals surface area contributed by atoms with Crippen LogP contribution >= 0.6 is 0 Å². The molecule has 1 heterocycles. The van der Waals surface area contributed by atoms with Gasteiger partial charge in [0, 0.05) is 18.7 Å². The van der Waals surface area contributed by atoms with Gasteiger partial charge in [0.05, 0.1) is 0 Å². The summed E-state index contributed by atoms with van der Waals surface area (Å²) in [4.78, 5) is 2.29. The second-order valence-electron chi connectivity index (χ2n) is 4.72. The van der Waals surface area contributed by atoms with Gasteiger partial charge < -0.3 is 5.73 Å². The van der Waals surface area contributed by atoms with Gasteiger partial charge in [-0.3, -0.25) is 4.90 Å². The van der Waals surface area contributed by atoms with E-state index in [2.05, 4.69) is 4.90 Å². The van der Waals surface area contributed by atoms with Crippen LogP contribution in [0.5, 0.6) is 0 Å². The van der Waals surface area contributed by atoms with Crippen molar-refractivity contribution in [3.63, 3.8) is 0 Å². The van der Waals surface area contributed by atoms with Crippen molar-refractivity contribution in [3.05, 3.63) is 35.1 Å². The molecule has 3 heteroatoms. The van der Waals surface area contributed by atoms with Crippen molar-refractivity contribution in [2.45, 2.75) is 19.9 Å². The van der Waals surface area contributed by atoms with Crippen LogP contribution in [0.2, 0.25) is 0 Å². The molecule has 0 saturated carbocycles. The first-order valence-corrected chi connectivity index (χ1v) is 5.86. The molecular formula is C13H19FN2. The van der Waals surface area contributed by atoms with E-state index in [1.54, 1.807) is 6.07 Å². The molecular weight excluding hydrogens is 203 g/mol. The SMILES string of the molecule is Cc1ccc(F)c(CN2CCC(CN)C2)c1. The van der Waals surface area contributed by atoms with Crippen LogP contribution in [0, 0.1) is 18.7 Å². The fraction of sp³-hybridized carbons (Fsp3) is 0.538. The maximum Gasteiger partial charge on any atom is 0.127 e. The third-order valence-corrected chi connectivity index (χ3v) is 3.30. The van der Waals surface area contributed by atoms with Crippen molar-refractivity contribution in [2.75, 3.05) is 19.6 Å². The quantitative estimate of drug-likeness (QED) is 0.846. The van der Waals surface area contributed by atoms with E-state index in [9.17, 15) is 4.39 Å². The number of hydrogen-bond acceptors (Lipinski definition) is 2. The molecule has 1 aromatic carbocycles. The molecule has 1 aliphatic rings. The van der Waals surface area contributed by atoms with Crippen LogP contribution in [0.15, 0.2) is 18.2 Å². The lowest BCUT2D eigenvalue weighted by Gasteiger charge is -2.16. The summed E-state index contributed by atoms with van der Waals surface area (Å²) in [5, 5.41) is 0. The molecule has 2 rings (SSSR count). The summed E-state index contributed by atoms with van der Waals surface area (Å²) in [6.07, 6.45) is 1.14. The smallest absolute Gasteiger partial charge is 0.127 e. The molecule has 2 nitrogen and oxygen atoms in total. The fourth-order valence-corrected chi connectivity index (χ4v) is 2.31. The maximum atomic E-state index is 13.6. The van der Waals surface area contributed by atoms with Crippen LogP contribution in [0.4, 0.5) is 4.39 Å². The number of benzene rings is 1. The van der Waals surface area contributed by atoms with Crippen LogP contribution < -0.4 is 5.73 Å². The molecule has 0 amide bonds. The van der Waals surface area contributed by atoms with E-state index in [1.807, 2.05) is 19.1 Å². The molecule has 1 aliphatic heterocycles. The average molecular weight is 222 g/mol. The summed E-state index contributed by atoms with van der Waals surface area (Å²) >= 11 is 0. The Bertz CT molecular complexity index is 365. The Morgan fingerprint density at radius 1 is 1.50 bits per heavy atom. The van der Waals surface area contributed by atoms with Crippen LogP contribution in [-0.4, -0.2) is 24.5 Å². The van der Waals surface area contributed by atoms with E-state index in [1.165, 1.54) is 0 Å². The third kappa shape index (κ3) is 2.60. The molecule has 1 saturated heterocycles. The minimum absolute atomic E-state index is 0.0956. The topological polar surface area (TPSA) is 29.3 Å². The Labute approximate surface area is 96.2 Å². The van der Waals surface area contributed by atoms with Crippen molar-refractivity contribution >= 4 is 0 Å². The number of rotatable bonds is 3. The Hall–Kier alpha value is -0.930. The molecule has 1 aromatic rings. The molecule has 88 valence electrons. The van der Waals surface area contributed by atoms with Gasteiger partial charge in [-0.2, -0.15) is 0 Å². The van der Waals surface area contributed by atoms with E-state index in [4.69, 9.17) is 5.73 Å². The normalized spacial score (nSPS) is 21.6. The number of halogens is 1. The van der Waals surface area contributed by atoms with Gasteiger partial charge in [0.2, 0.25) is 0 Å². The Morgan fingerprint density at radius 3 is 3.00 bits per heavy atom. The van der Waals surface area contributed by atoms with Gasteiger partial charge in [0.15, 0.2) is 0 Å². The van der Waals surface area contributed by atoms with E-state index >= 15 is 0 Å². The number of nitrogens with two attached hydrogens (primary N) is 1. The zero-order chi connectivity index (χ0) is 11.5. The number of hydrogen-bond donors (Lipinski definition) is 1. The molecule has 16 heavy (non-hydrogen) atoms. The maximum absolute atomic E-state index is 13.6. The molecule has 2 N–H and O–H groups in total. The summed E-state index contributed by atoms with van der Waals surface area (Å²) in [7, 11) is 0. The Morgan fingerprint density at radius 2 is 2.31 bits per heavy atom. The van der Waals surface area contributed by atoms with Crippen LogP contribution in [0.3, 0.4) is 0 Å². The van der Waals surface area contributed by atoms with Gasteiger partial charge in [-0.05, 0) is 38.4 Å². The molecule has 1 fully saturated rings. The molecule has 0 spiro atoms. The highest BCUT2D eigenvalue weighted by Crippen LogP contribution is 2.19. The van der Waals surface area contributed by atoms with Crippen molar-refractivity contribution in [2.24, 2.45) is 11.7 Å². The van der Waals surface area contributed by atoms with Crippen LogP contribution in [-0.2, 0) is 6.54 Å². The Kier molecular flexibility index (Phi) is 3.56. The summed E-state index contributed by atoms with van der Waals surface area (Å²) in [5.41, 5.74) is 7.56. The summed E-state index contributed by atoms with van der Waals surface area (Å²) in [6, 6.07) is 5.30. The summed E-state index contributed by atoms with van der Waals surface area (Å²) in [5.74, 6) is 0.495. The highest BCUT2D eigenvalue weighted by atomic mass is 19.1. The minimum Gasteiger partial charge on any atom is -0.330 e. The number of aryl methyl sites for hydroxylation is 1. The predicted molar refractivity (Wildman–Crippen MR) is 63.6 cm³/mol. The number of likely N-dealkylation sites (tertiary alicyclic amines) is 1. The second-order valence-corrected chi connectivity index (χ2v) is 4.72. The van der Waals surface area contributed by atoms with Gasteiger partial charge in [-0.1, -0.05) is 17.7 Å². The number of nitrogens with zero attached hydrogens (tertiary/aromatic N) is 1. The molecule has 0 aromatic heterocycles. The zero-order valence-electron chi connectivity index (χ0n) is 9.75. The average Bonchev–Trinajstić information content (AvgIpc) is 2.71. The highest BCUT2D eigenvalue weighted by Gasteiger charge is 2.21. The third-order valence-electron chi connectivity index (χ3n) is 3.30. The highest BCUT2D eigenvalue weighted by molar-refractivity contribution is 5.24. The first-order chi connectivity index (χ1) is 7.69. The molecule has 0 radical (unpaired) electrons. The van der Waals surface area contributed by atoms with Gasteiger partial charge in [-0.15, -0.1) is 0 Å². The monoisotopic (exact) mass is 222 g/mol. The van der Waals surface area contributed by atoms with Gasteiger partial charge in [0.1, 0.15) is 5.82 Å². The minimum atomic E-state index is -0.0956.